The molecule has 0 spiro atoms. The molecule has 5 heteroatoms. The molecule has 1 saturated heterocycles. The number of oxime groups is 1. The van der Waals surface area contributed by atoms with Gasteiger partial charge in [-0.1, -0.05) is 65.8 Å². The van der Waals surface area contributed by atoms with Gasteiger partial charge in [0.1, 0.15) is 6.10 Å². The van der Waals surface area contributed by atoms with Gasteiger partial charge in [0.25, 0.3) is 0 Å². The van der Waals surface area contributed by atoms with Crippen LogP contribution in [0.1, 0.15) is 11.1 Å². The maximum Gasteiger partial charge on any atom is 0.249 e. The quantitative estimate of drug-likeness (QED) is 0.810. The van der Waals surface area contributed by atoms with Crippen LogP contribution in [0.15, 0.2) is 65.8 Å². The van der Waals surface area contributed by atoms with Crippen molar-refractivity contribution in [1.82, 2.24) is 5.06 Å². The van der Waals surface area contributed by atoms with Crippen molar-refractivity contribution in [2.24, 2.45) is 11.1 Å². The van der Waals surface area contributed by atoms with Gasteiger partial charge in [0.15, 0.2) is 0 Å². The van der Waals surface area contributed by atoms with Crippen LogP contribution in [-0.2, 0) is 15.4 Å². The van der Waals surface area contributed by atoms with Crippen LogP contribution < -0.4 is 0 Å². The number of alkyl halides is 1. The van der Waals surface area contributed by atoms with Gasteiger partial charge in [-0.2, -0.15) is 0 Å². The van der Waals surface area contributed by atoms with Gasteiger partial charge in [-0.15, -0.1) is 16.7 Å². The summed E-state index contributed by atoms with van der Waals surface area (Å²) in [5, 5.41) is 6.17. The summed E-state index contributed by atoms with van der Waals surface area (Å²) in [6.45, 7) is 0. The van der Waals surface area contributed by atoms with E-state index in [1.807, 2.05) is 67.7 Å². The molecule has 0 aromatic heterocycles. The summed E-state index contributed by atoms with van der Waals surface area (Å²) in [6.07, 6.45) is -0.191. The lowest BCUT2D eigenvalue weighted by Crippen LogP contribution is -2.44. The largest absolute Gasteiger partial charge is 0.365 e. The summed E-state index contributed by atoms with van der Waals surface area (Å²) < 4.78 is 0. The van der Waals surface area contributed by atoms with Crippen molar-refractivity contribution in [3.63, 3.8) is 0 Å². The average Bonchev–Trinajstić information content (AvgIpc) is 3.14. The number of hydrogen-bond donors (Lipinski definition) is 0. The fourth-order valence-corrected chi connectivity index (χ4v) is 3.73. The van der Waals surface area contributed by atoms with E-state index < -0.39 is 5.72 Å². The molecule has 0 radical (unpaired) electrons. The van der Waals surface area contributed by atoms with E-state index in [0.29, 0.717) is 5.88 Å². The molecule has 1 fully saturated rings. The van der Waals surface area contributed by atoms with Crippen molar-refractivity contribution >= 4 is 17.3 Å². The molecule has 0 bridgehead atoms. The van der Waals surface area contributed by atoms with E-state index in [0.717, 1.165) is 16.8 Å². The third-order valence-electron chi connectivity index (χ3n) is 4.54. The summed E-state index contributed by atoms with van der Waals surface area (Å²) in [5.41, 5.74) is 2.15. The molecule has 0 aliphatic carbocycles. The number of fused-ring (bicyclic) bond motifs is 1. The van der Waals surface area contributed by atoms with Crippen molar-refractivity contribution in [2.75, 3.05) is 12.9 Å². The van der Waals surface area contributed by atoms with E-state index in [-0.39, 0.29) is 12.0 Å². The molecule has 2 aliphatic rings. The van der Waals surface area contributed by atoms with Gasteiger partial charge in [0.05, 0.1) is 17.5 Å². The highest BCUT2D eigenvalue weighted by atomic mass is 35.5. The number of nitrogens with zero attached hydrogens (tertiary/aromatic N) is 2. The predicted octanol–water partition coefficient (Wildman–Crippen LogP) is 3.37. The lowest BCUT2D eigenvalue weighted by Gasteiger charge is -2.31. The third-order valence-corrected chi connectivity index (χ3v) is 4.85. The number of hydrogen-bond acceptors (Lipinski definition) is 4. The second-order valence-corrected chi connectivity index (χ2v) is 6.08. The lowest BCUT2D eigenvalue weighted by molar-refractivity contribution is -0.253. The van der Waals surface area contributed by atoms with E-state index in [1.165, 1.54) is 0 Å². The van der Waals surface area contributed by atoms with Crippen LogP contribution in [0.3, 0.4) is 0 Å². The first-order valence-electron chi connectivity index (χ1n) is 7.61. The molecule has 2 aromatic rings. The zero-order valence-electron chi connectivity index (χ0n) is 12.7. The van der Waals surface area contributed by atoms with Crippen LogP contribution in [0.5, 0.6) is 0 Å². The molecule has 3 atom stereocenters. The topological polar surface area (TPSA) is 34.1 Å². The SMILES string of the molecule is CN1O[C@H](CCl)[C@H]2C(c3ccccc3)=NO[C@]21c1ccccc1. The number of hydroxylamine groups is 2. The first-order valence-corrected chi connectivity index (χ1v) is 8.14. The van der Waals surface area contributed by atoms with Crippen molar-refractivity contribution in [3.05, 3.63) is 71.8 Å². The number of rotatable bonds is 3. The van der Waals surface area contributed by atoms with Crippen LogP contribution in [0.4, 0.5) is 0 Å². The molecule has 4 rings (SSSR count). The minimum Gasteiger partial charge on any atom is -0.365 e. The second kappa shape index (κ2) is 5.64. The van der Waals surface area contributed by atoms with Gasteiger partial charge in [-0.05, 0) is 5.56 Å². The Kier molecular flexibility index (Phi) is 3.60. The van der Waals surface area contributed by atoms with Gasteiger partial charge in [0.2, 0.25) is 5.72 Å². The molecule has 0 N–H and O–H groups in total. The molecule has 23 heavy (non-hydrogen) atoms. The van der Waals surface area contributed by atoms with Crippen LogP contribution >= 0.6 is 11.6 Å². The predicted molar refractivity (Wildman–Crippen MR) is 89.0 cm³/mol. The fourth-order valence-electron chi connectivity index (χ4n) is 3.49. The van der Waals surface area contributed by atoms with E-state index in [1.54, 1.807) is 5.06 Å². The Morgan fingerprint density at radius 3 is 2.39 bits per heavy atom. The number of halogens is 1. The van der Waals surface area contributed by atoms with Gasteiger partial charge in [0, 0.05) is 12.6 Å². The Morgan fingerprint density at radius 2 is 1.74 bits per heavy atom. The highest BCUT2D eigenvalue weighted by molar-refractivity contribution is 6.18. The fraction of sp³-hybridized carbons (Fsp3) is 0.278. The zero-order chi connectivity index (χ0) is 15.9. The summed E-state index contributed by atoms with van der Waals surface area (Å²) in [5.74, 6) is 0.286. The molecule has 0 unspecified atom stereocenters. The highest BCUT2D eigenvalue weighted by Gasteiger charge is 2.63. The standard InChI is InChI=1S/C18H17ClN2O2/c1-21-18(14-10-6-3-7-11-14)16(15(12-19)22-21)17(20-23-18)13-8-4-2-5-9-13/h2-11,15-16H,12H2,1H3/t15-,16+,18-/m1/s1. The summed E-state index contributed by atoms with van der Waals surface area (Å²) >= 11 is 6.18. The molecule has 4 nitrogen and oxygen atoms in total. The first kappa shape index (κ1) is 14.7. The van der Waals surface area contributed by atoms with Gasteiger partial charge in [-0.25, -0.2) is 0 Å². The van der Waals surface area contributed by atoms with Crippen LogP contribution in [-0.4, -0.2) is 29.8 Å². The molecular formula is C18H17ClN2O2. The minimum absolute atomic E-state index is 0.0881. The summed E-state index contributed by atoms with van der Waals surface area (Å²) in [4.78, 5) is 12.0. The Morgan fingerprint density at radius 1 is 1.09 bits per heavy atom. The van der Waals surface area contributed by atoms with Crippen molar-refractivity contribution in [1.29, 1.82) is 0 Å². The van der Waals surface area contributed by atoms with E-state index in [4.69, 9.17) is 21.3 Å². The second-order valence-electron chi connectivity index (χ2n) is 5.77. The molecule has 118 valence electrons. The number of benzene rings is 2. The molecule has 2 aromatic carbocycles. The molecule has 2 aliphatic heterocycles. The van der Waals surface area contributed by atoms with Crippen LogP contribution in [0.25, 0.3) is 0 Å². The van der Waals surface area contributed by atoms with Crippen LogP contribution in [0, 0.1) is 5.92 Å². The maximum absolute atomic E-state index is 6.18. The summed E-state index contributed by atoms with van der Waals surface area (Å²) in [6, 6.07) is 20.1. The smallest absolute Gasteiger partial charge is 0.249 e. The van der Waals surface area contributed by atoms with Crippen molar-refractivity contribution in [2.45, 2.75) is 11.8 Å². The van der Waals surface area contributed by atoms with E-state index in [9.17, 15) is 0 Å². The van der Waals surface area contributed by atoms with E-state index >= 15 is 0 Å². The summed E-state index contributed by atoms with van der Waals surface area (Å²) in [7, 11) is 1.87. The molecule has 0 saturated carbocycles. The third kappa shape index (κ3) is 2.10. The Bertz CT molecular complexity index is 722. The van der Waals surface area contributed by atoms with Gasteiger partial charge < -0.3 is 4.84 Å². The zero-order valence-corrected chi connectivity index (χ0v) is 13.5. The molecule has 0 amide bonds. The van der Waals surface area contributed by atoms with Gasteiger partial charge in [-0.3, -0.25) is 4.84 Å². The molecule has 2 heterocycles. The van der Waals surface area contributed by atoms with Crippen LogP contribution in [0.2, 0.25) is 0 Å². The van der Waals surface area contributed by atoms with E-state index in [2.05, 4.69) is 5.16 Å². The first-order chi connectivity index (χ1) is 11.3. The normalized spacial score (nSPS) is 29.9. The Hall–Kier alpha value is -1.88. The lowest BCUT2D eigenvalue weighted by atomic mass is 9.81. The minimum atomic E-state index is -0.772. The highest BCUT2D eigenvalue weighted by Crippen LogP contribution is 2.50. The monoisotopic (exact) mass is 328 g/mol. The molecular weight excluding hydrogens is 312 g/mol. The Labute approximate surface area is 140 Å². The average molecular weight is 329 g/mol. The Balaban J connectivity index is 1.84. The maximum atomic E-state index is 6.18. The van der Waals surface area contributed by atoms with Crippen molar-refractivity contribution in [3.8, 4) is 0 Å². The van der Waals surface area contributed by atoms with Gasteiger partial charge >= 0.3 is 0 Å². The van der Waals surface area contributed by atoms with Crippen molar-refractivity contribution < 1.29 is 9.68 Å².